The van der Waals surface area contributed by atoms with E-state index in [1.54, 1.807) is 6.82 Å². The molecule has 0 heterocycles. The molecule has 1 aromatic carbocycles. The van der Waals surface area contributed by atoms with E-state index in [9.17, 15) is 5.02 Å². The van der Waals surface area contributed by atoms with Crippen LogP contribution >= 0.6 is 0 Å². The first-order chi connectivity index (χ1) is 5.25. The Kier molecular flexibility index (Phi) is 2.55. The lowest BCUT2D eigenvalue weighted by atomic mass is 9.63. The van der Waals surface area contributed by atoms with Gasteiger partial charge < -0.3 is 10.3 Å². The van der Waals surface area contributed by atoms with Crippen molar-refractivity contribution >= 4 is 18.1 Å². The molecule has 0 atom stereocenters. The lowest BCUT2D eigenvalue weighted by molar-refractivity contribution is 0.594. The highest BCUT2D eigenvalue weighted by Gasteiger charge is 2.09. The van der Waals surface area contributed by atoms with Crippen LogP contribution in [0.1, 0.15) is 0 Å². The molecule has 2 nitrogen and oxygen atoms in total. The Morgan fingerprint density at radius 3 is 2.45 bits per heavy atom. The summed E-state index contributed by atoms with van der Waals surface area (Å²) in [5, 5.41) is 12.3. The molecule has 0 aliphatic rings. The van der Waals surface area contributed by atoms with E-state index in [4.69, 9.17) is 0 Å². The maximum Gasteiger partial charge on any atom is 0.322 e. The summed E-state index contributed by atoms with van der Waals surface area (Å²) in [6.45, 7) is 1.36. The predicted molar refractivity (Wildman–Crippen MR) is 49.5 cm³/mol. The van der Waals surface area contributed by atoms with Gasteiger partial charge in [0, 0.05) is 12.7 Å². The van der Waals surface area contributed by atoms with Gasteiger partial charge >= 0.3 is 6.92 Å². The van der Waals surface area contributed by atoms with Crippen molar-refractivity contribution in [3.63, 3.8) is 0 Å². The van der Waals surface area contributed by atoms with Gasteiger partial charge in [-0.15, -0.1) is 0 Å². The molecule has 2 N–H and O–H groups in total. The highest BCUT2D eigenvalue weighted by molar-refractivity contribution is 6.66. The topological polar surface area (TPSA) is 32.3 Å². The average molecular weight is 149 g/mol. The minimum absolute atomic E-state index is 0.404. The van der Waals surface area contributed by atoms with E-state index in [-0.39, 0.29) is 0 Å². The molecule has 3 heteroatoms. The SMILES string of the molecule is CNc1ccccc1B(C)O. The third-order valence-corrected chi connectivity index (χ3v) is 1.68. The van der Waals surface area contributed by atoms with Crippen LogP contribution in [-0.4, -0.2) is 19.0 Å². The standard InChI is InChI=1S/C8H12BNO/c1-9(11)7-5-3-4-6-8(7)10-2/h3-6,10-11H,1-2H3. The van der Waals surface area contributed by atoms with Gasteiger partial charge in [0.15, 0.2) is 0 Å². The van der Waals surface area contributed by atoms with Crippen LogP contribution in [0.4, 0.5) is 5.69 Å². The fourth-order valence-corrected chi connectivity index (χ4v) is 1.09. The summed E-state index contributed by atoms with van der Waals surface area (Å²) in [7, 11) is 1.85. The quantitative estimate of drug-likeness (QED) is 0.601. The molecule has 0 fully saturated rings. The van der Waals surface area contributed by atoms with E-state index >= 15 is 0 Å². The van der Waals surface area contributed by atoms with Gasteiger partial charge in [-0.3, -0.25) is 0 Å². The molecule has 0 unspecified atom stereocenters. The number of benzene rings is 1. The van der Waals surface area contributed by atoms with Crippen LogP contribution in [0.5, 0.6) is 0 Å². The van der Waals surface area contributed by atoms with E-state index in [0.29, 0.717) is 0 Å². The Labute approximate surface area is 67.4 Å². The van der Waals surface area contributed by atoms with Crippen molar-refractivity contribution in [1.29, 1.82) is 0 Å². The Morgan fingerprint density at radius 2 is 2.00 bits per heavy atom. The number of rotatable bonds is 2. The van der Waals surface area contributed by atoms with Crippen LogP contribution in [0.2, 0.25) is 6.82 Å². The van der Waals surface area contributed by atoms with Gasteiger partial charge in [0.25, 0.3) is 0 Å². The van der Waals surface area contributed by atoms with Crippen molar-refractivity contribution < 1.29 is 5.02 Å². The number of hydrogen-bond acceptors (Lipinski definition) is 2. The molecule has 0 aliphatic carbocycles. The molecule has 0 spiro atoms. The van der Waals surface area contributed by atoms with E-state index < -0.39 is 6.92 Å². The molecule has 0 radical (unpaired) electrons. The lowest BCUT2D eigenvalue weighted by Gasteiger charge is -2.07. The van der Waals surface area contributed by atoms with E-state index in [1.165, 1.54) is 0 Å². The number of anilines is 1. The van der Waals surface area contributed by atoms with Crippen LogP contribution in [-0.2, 0) is 0 Å². The van der Waals surface area contributed by atoms with Gasteiger partial charge in [0.1, 0.15) is 0 Å². The fourth-order valence-electron chi connectivity index (χ4n) is 1.09. The van der Waals surface area contributed by atoms with Crippen molar-refractivity contribution in [3.05, 3.63) is 24.3 Å². The normalized spacial score (nSPS) is 9.36. The second-order valence-corrected chi connectivity index (χ2v) is 2.51. The summed E-state index contributed by atoms with van der Waals surface area (Å²) in [5.74, 6) is 0. The van der Waals surface area contributed by atoms with Crippen molar-refractivity contribution in [2.75, 3.05) is 12.4 Å². The summed E-state index contributed by atoms with van der Waals surface area (Å²) in [4.78, 5) is 0. The molecule has 0 saturated carbocycles. The van der Waals surface area contributed by atoms with Gasteiger partial charge in [0.05, 0.1) is 0 Å². The third-order valence-electron chi connectivity index (χ3n) is 1.68. The molecule has 1 rings (SSSR count). The molecule has 1 aromatic rings. The van der Waals surface area contributed by atoms with Crippen LogP contribution in [0.15, 0.2) is 24.3 Å². The highest BCUT2D eigenvalue weighted by Crippen LogP contribution is 2.01. The lowest BCUT2D eigenvalue weighted by Crippen LogP contribution is -2.28. The summed E-state index contributed by atoms with van der Waals surface area (Å²) >= 11 is 0. The second kappa shape index (κ2) is 3.44. The Balaban J connectivity index is 3.02. The van der Waals surface area contributed by atoms with Crippen molar-refractivity contribution in [2.24, 2.45) is 0 Å². The predicted octanol–water partition coefficient (Wildman–Crippen LogP) is 0.549. The summed E-state index contributed by atoms with van der Waals surface area (Å²) in [5.41, 5.74) is 1.93. The monoisotopic (exact) mass is 149 g/mol. The molecule has 58 valence electrons. The maximum absolute atomic E-state index is 9.30. The number of nitrogens with one attached hydrogen (secondary N) is 1. The largest absolute Gasteiger partial charge is 0.446 e. The van der Waals surface area contributed by atoms with Gasteiger partial charge in [-0.25, -0.2) is 0 Å². The van der Waals surface area contributed by atoms with Gasteiger partial charge in [-0.2, -0.15) is 0 Å². The zero-order chi connectivity index (χ0) is 8.27. The molecule has 0 bridgehead atoms. The van der Waals surface area contributed by atoms with E-state index in [1.807, 2.05) is 31.3 Å². The molecule has 0 amide bonds. The van der Waals surface area contributed by atoms with Crippen LogP contribution < -0.4 is 10.8 Å². The number of hydrogen-bond donors (Lipinski definition) is 2. The smallest absolute Gasteiger partial charge is 0.322 e. The van der Waals surface area contributed by atoms with Gasteiger partial charge in [-0.1, -0.05) is 25.0 Å². The third kappa shape index (κ3) is 1.74. The first-order valence-corrected chi connectivity index (χ1v) is 3.70. The molecule has 0 saturated heterocycles. The first kappa shape index (κ1) is 8.14. The highest BCUT2D eigenvalue weighted by atomic mass is 16.2. The van der Waals surface area contributed by atoms with Crippen molar-refractivity contribution in [3.8, 4) is 0 Å². The molecule has 11 heavy (non-hydrogen) atoms. The Hall–Kier alpha value is -0.955. The fraction of sp³-hybridized carbons (Fsp3) is 0.250. The van der Waals surface area contributed by atoms with Crippen LogP contribution in [0, 0.1) is 0 Å². The summed E-state index contributed by atoms with van der Waals surface area (Å²) < 4.78 is 0. The molecular weight excluding hydrogens is 137 g/mol. The summed E-state index contributed by atoms with van der Waals surface area (Å²) in [6.07, 6.45) is 0. The minimum Gasteiger partial charge on any atom is -0.446 e. The van der Waals surface area contributed by atoms with Gasteiger partial charge in [0.2, 0.25) is 0 Å². The molecule has 0 aromatic heterocycles. The second-order valence-electron chi connectivity index (χ2n) is 2.51. The first-order valence-electron chi connectivity index (χ1n) is 3.70. The van der Waals surface area contributed by atoms with Crippen LogP contribution in [0.3, 0.4) is 0 Å². The zero-order valence-electron chi connectivity index (χ0n) is 6.83. The average Bonchev–Trinajstić information content (AvgIpc) is 2.04. The minimum atomic E-state index is -0.404. The molecular formula is C8H12BNO. The van der Waals surface area contributed by atoms with Crippen LogP contribution in [0.25, 0.3) is 0 Å². The Morgan fingerprint density at radius 1 is 1.36 bits per heavy atom. The van der Waals surface area contributed by atoms with Gasteiger partial charge in [-0.05, 0) is 11.5 Å². The van der Waals surface area contributed by atoms with Crippen molar-refractivity contribution in [2.45, 2.75) is 6.82 Å². The van der Waals surface area contributed by atoms with E-state index in [0.717, 1.165) is 11.2 Å². The molecule has 0 aliphatic heterocycles. The van der Waals surface area contributed by atoms with Crippen molar-refractivity contribution in [1.82, 2.24) is 0 Å². The number of para-hydroxylation sites is 1. The Bertz CT molecular complexity index is 237. The van der Waals surface area contributed by atoms with E-state index in [2.05, 4.69) is 5.32 Å². The maximum atomic E-state index is 9.30. The zero-order valence-corrected chi connectivity index (χ0v) is 6.83. The summed E-state index contributed by atoms with van der Waals surface area (Å²) in [6, 6.07) is 7.72.